The molecular weight excluding hydrogens is 376 g/mol. The Bertz CT molecular complexity index is 1010. The zero-order valence-electron chi connectivity index (χ0n) is 17.8. The third kappa shape index (κ3) is 6.09. The first-order valence-corrected chi connectivity index (χ1v) is 10.1. The number of aromatic nitrogens is 1. The van der Waals surface area contributed by atoms with Gasteiger partial charge in [-0.05, 0) is 49.8 Å². The summed E-state index contributed by atoms with van der Waals surface area (Å²) in [6, 6.07) is 16.1. The fraction of sp³-hybridized carbons (Fsp3) is 0.304. The molecule has 30 heavy (non-hydrogen) atoms. The predicted molar refractivity (Wildman–Crippen MR) is 124 cm³/mol. The molecule has 0 radical (unpaired) electrons. The zero-order chi connectivity index (χ0) is 21.3. The molecule has 3 rings (SSSR count). The minimum Gasteiger partial charge on any atom is -0.361 e. The van der Waals surface area contributed by atoms with Crippen molar-refractivity contribution >= 4 is 28.5 Å². The quantitative estimate of drug-likeness (QED) is 0.342. The first-order valence-electron chi connectivity index (χ1n) is 10.1. The maximum atomic E-state index is 11.9. The second-order valence-corrected chi connectivity index (χ2v) is 7.45. The van der Waals surface area contributed by atoms with Crippen molar-refractivity contribution in [1.29, 1.82) is 0 Å². The number of benzene rings is 2. The monoisotopic (exact) mass is 406 g/mol. The topological polar surface area (TPSA) is 84.5 Å². The van der Waals surface area contributed by atoms with Crippen molar-refractivity contribution in [1.82, 2.24) is 20.5 Å². The number of likely N-dealkylation sites (N-methyl/N-ethyl adjacent to an activating group) is 1. The van der Waals surface area contributed by atoms with Gasteiger partial charge in [0.1, 0.15) is 0 Å². The number of fused-ring (bicyclic) bond motifs is 1. The Labute approximate surface area is 177 Å². The number of anilines is 1. The Kier molecular flexibility index (Phi) is 7.45. The summed E-state index contributed by atoms with van der Waals surface area (Å²) in [5, 5.41) is 10.9. The number of carbonyl (C=O) groups is 1. The van der Waals surface area contributed by atoms with E-state index in [9.17, 15) is 4.79 Å². The fourth-order valence-electron chi connectivity index (χ4n) is 3.31. The van der Waals surface area contributed by atoms with Gasteiger partial charge in [0, 0.05) is 42.9 Å². The molecule has 0 saturated heterocycles. The SMILES string of the molecule is CN=C(NCCc1c[nH]c2ccccc12)NCc1cccc(NC(=O)CN(C)C)c1. The van der Waals surface area contributed by atoms with Crippen LogP contribution < -0.4 is 16.0 Å². The molecule has 0 aliphatic heterocycles. The lowest BCUT2D eigenvalue weighted by atomic mass is 10.1. The van der Waals surface area contributed by atoms with Gasteiger partial charge in [0.05, 0.1) is 6.54 Å². The van der Waals surface area contributed by atoms with Crippen molar-refractivity contribution in [2.75, 3.05) is 39.5 Å². The highest BCUT2D eigenvalue weighted by Crippen LogP contribution is 2.17. The zero-order valence-corrected chi connectivity index (χ0v) is 17.8. The van der Waals surface area contributed by atoms with Crippen molar-refractivity contribution in [2.24, 2.45) is 4.99 Å². The number of aromatic amines is 1. The lowest BCUT2D eigenvalue weighted by Crippen LogP contribution is -2.37. The second-order valence-electron chi connectivity index (χ2n) is 7.45. The average molecular weight is 407 g/mol. The Hall–Kier alpha value is -3.32. The summed E-state index contributed by atoms with van der Waals surface area (Å²) in [6.45, 7) is 1.75. The number of para-hydroxylation sites is 1. The van der Waals surface area contributed by atoms with Crippen molar-refractivity contribution in [3.63, 3.8) is 0 Å². The van der Waals surface area contributed by atoms with Crippen LogP contribution in [0.5, 0.6) is 0 Å². The normalized spacial score (nSPS) is 11.7. The molecular formula is C23H30N6O. The van der Waals surface area contributed by atoms with Crippen LogP contribution in [0.2, 0.25) is 0 Å². The maximum absolute atomic E-state index is 11.9. The van der Waals surface area contributed by atoms with Gasteiger partial charge in [-0.3, -0.25) is 9.79 Å². The molecule has 7 heteroatoms. The average Bonchev–Trinajstić information content (AvgIpc) is 3.13. The number of H-pyrrole nitrogens is 1. The number of guanidine groups is 1. The van der Waals surface area contributed by atoms with Gasteiger partial charge in [0.25, 0.3) is 0 Å². The number of nitrogens with zero attached hydrogens (tertiary/aromatic N) is 2. The van der Waals surface area contributed by atoms with Crippen molar-refractivity contribution < 1.29 is 4.79 Å². The standard InChI is InChI=1S/C23H30N6O/c1-24-23(25-12-11-18-15-26-21-10-5-4-9-20(18)21)27-14-17-7-6-8-19(13-17)28-22(30)16-29(2)3/h4-10,13,15,26H,11-12,14,16H2,1-3H3,(H,28,30)(H2,24,25,27). The van der Waals surface area contributed by atoms with Crippen LogP contribution in [0, 0.1) is 0 Å². The molecule has 3 aromatic rings. The molecule has 0 spiro atoms. The van der Waals surface area contributed by atoms with Crippen LogP contribution in [-0.4, -0.2) is 56.0 Å². The largest absolute Gasteiger partial charge is 0.361 e. The summed E-state index contributed by atoms with van der Waals surface area (Å²) in [5.41, 5.74) is 4.31. The molecule has 158 valence electrons. The van der Waals surface area contributed by atoms with E-state index in [1.165, 1.54) is 10.9 Å². The molecule has 0 fully saturated rings. The van der Waals surface area contributed by atoms with Crippen LogP contribution in [0.4, 0.5) is 5.69 Å². The van der Waals surface area contributed by atoms with Crippen molar-refractivity contribution in [2.45, 2.75) is 13.0 Å². The number of hydrogen-bond donors (Lipinski definition) is 4. The van der Waals surface area contributed by atoms with Gasteiger partial charge in [0.2, 0.25) is 5.91 Å². The van der Waals surface area contributed by atoms with Crippen LogP contribution in [0.15, 0.2) is 59.7 Å². The van der Waals surface area contributed by atoms with E-state index in [0.29, 0.717) is 13.1 Å². The van der Waals surface area contributed by atoms with E-state index >= 15 is 0 Å². The first-order chi connectivity index (χ1) is 14.5. The van der Waals surface area contributed by atoms with Gasteiger partial charge < -0.3 is 25.8 Å². The van der Waals surface area contributed by atoms with E-state index < -0.39 is 0 Å². The van der Waals surface area contributed by atoms with E-state index in [4.69, 9.17) is 0 Å². The van der Waals surface area contributed by atoms with Crippen LogP contribution >= 0.6 is 0 Å². The molecule has 7 nitrogen and oxygen atoms in total. The highest BCUT2D eigenvalue weighted by molar-refractivity contribution is 5.92. The summed E-state index contributed by atoms with van der Waals surface area (Å²) in [4.78, 5) is 21.4. The maximum Gasteiger partial charge on any atom is 0.238 e. The van der Waals surface area contributed by atoms with E-state index in [1.807, 2.05) is 49.3 Å². The van der Waals surface area contributed by atoms with Gasteiger partial charge in [-0.25, -0.2) is 0 Å². The smallest absolute Gasteiger partial charge is 0.238 e. The number of carbonyl (C=O) groups excluding carboxylic acids is 1. The Morgan fingerprint density at radius 3 is 2.73 bits per heavy atom. The number of nitrogens with one attached hydrogen (secondary N) is 4. The van der Waals surface area contributed by atoms with Gasteiger partial charge in [-0.1, -0.05) is 30.3 Å². The summed E-state index contributed by atoms with van der Waals surface area (Å²) in [5.74, 6) is 0.719. The van der Waals surface area contributed by atoms with E-state index in [-0.39, 0.29) is 5.91 Å². The van der Waals surface area contributed by atoms with Crippen LogP contribution in [0.1, 0.15) is 11.1 Å². The molecule has 0 aliphatic carbocycles. The molecule has 0 bridgehead atoms. The molecule has 0 aliphatic rings. The molecule has 1 aromatic heterocycles. The minimum absolute atomic E-state index is 0.0279. The fourth-order valence-corrected chi connectivity index (χ4v) is 3.31. The van der Waals surface area contributed by atoms with Crippen LogP contribution in [-0.2, 0) is 17.8 Å². The molecule has 0 unspecified atom stereocenters. The van der Waals surface area contributed by atoms with E-state index in [1.54, 1.807) is 7.05 Å². The summed E-state index contributed by atoms with van der Waals surface area (Å²) < 4.78 is 0. The van der Waals surface area contributed by atoms with Crippen molar-refractivity contribution in [3.8, 4) is 0 Å². The molecule has 1 amide bonds. The molecule has 0 saturated carbocycles. The Balaban J connectivity index is 1.48. The Morgan fingerprint density at radius 1 is 1.10 bits per heavy atom. The number of aliphatic imine (C=N–C) groups is 1. The van der Waals surface area contributed by atoms with Gasteiger partial charge in [-0.15, -0.1) is 0 Å². The highest BCUT2D eigenvalue weighted by Gasteiger charge is 2.06. The third-order valence-electron chi connectivity index (χ3n) is 4.72. The van der Waals surface area contributed by atoms with Crippen molar-refractivity contribution in [3.05, 3.63) is 65.9 Å². The van der Waals surface area contributed by atoms with E-state index in [0.717, 1.165) is 35.7 Å². The lowest BCUT2D eigenvalue weighted by Gasteiger charge is -2.13. The first kappa shape index (κ1) is 21.4. The van der Waals surface area contributed by atoms with Crippen LogP contribution in [0.3, 0.4) is 0 Å². The number of rotatable bonds is 8. The number of amides is 1. The van der Waals surface area contributed by atoms with Gasteiger partial charge >= 0.3 is 0 Å². The molecule has 2 aromatic carbocycles. The molecule has 4 N–H and O–H groups in total. The minimum atomic E-state index is -0.0279. The molecule has 0 atom stereocenters. The predicted octanol–water partition coefficient (Wildman–Crippen LogP) is 2.58. The van der Waals surface area contributed by atoms with E-state index in [2.05, 4.69) is 50.3 Å². The number of hydrogen-bond acceptors (Lipinski definition) is 3. The van der Waals surface area contributed by atoms with Gasteiger partial charge in [-0.2, -0.15) is 0 Å². The third-order valence-corrected chi connectivity index (χ3v) is 4.72. The molecule has 1 heterocycles. The Morgan fingerprint density at radius 2 is 1.93 bits per heavy atom. The highest BCUT2D eigenvalue weighted by atomic mass is 16.2. The van der Waals surface area contributed by atoms with Crippen LogP contribution in [0.25, 0.3) is 10.9 Å². The van der Waals surface area contributed by atoms with Gasteiger partial charge in [0.15, 0.2) is 5.96 Å². The lowest BCUT2D eigenvalue weighted by molar-refractivity contribution is -0.116. The second kappa shape index (κ2) is 10.5. The summed E-state index contributed by atoms with van der Waals surface area (Å²) in [6.07, 6.45) is 2.97. The summed E-state index contributed by atoms with van der Waals surface area (Å²) in [7, 11) is 5.51. The summed E-state index contributed by atoms with van der Waals surface area (Å²) >= 11 is 0.